The summed E-state index contributed by atoms with van der Waals surface area (Å²) in [6.07, 6.45) is 2.12. The van der Waals surface area contributed by atoms with E-state index < -0.39 is 11.5 Å². The van der Waals surface area contributed by atoms with E-state index in [-0.39, 0.29) is 10.8 Å². The van der Waals surface area contributed by atoms with Crippen LogP contribution in [0.15, 0.2) is 16.0 Å². The third kappa shape index (κ3) is 5.51. The van der Waals surface area contributed by atoms with Gasteiger partial charge in [-0.25, -0.2) is 4.98 Å². The molecule has 1 aromatic heterocycles. The van der Waals surface area contributed by atoms with Crippen molar-refractivity contribution < 1.29 is 9.53 Å². The maximum atomic E-state index is 11.6. The number of methoxy groups -OCH3 is 1. The van der Waals surface area contributed by atoms with Gasteiger partial charge in [0.2, 0.25) is 0 Å². The Morgan fingerprint density at radius 3 is 2.86 bits per heavy atom. The number of ether oxygens (including phenoxy) is 1. The molecule has 1 aromatic rings. The van der Waals surface area contributed by atoms with Crippen molar-refractivity contribution in [2.45, 2.75) is 56.0 Å². The van der Waals surface area contributed by atoms with Crippen molar-refractivity contribution in [2.75, 3.05) is 7.11 Å². The second kappa shape index (κ2) is 7.61. The van der Waals surface area contributed by atoms with E-state index in [2.05, 4.69) is 14.7 Å². The Balaban J connectivity index is 2.77. The van der Waals surface area contributed by atoms with Gasteiger partial charge >= 0.3 is 5.97 Å². The van der Waals surface area contributed by atoms with E-state index in [1.165, 1.54) is 24.9 Å². The Morgan fingerprint density at radius 2 is 2.29 bits per heavy atom. The Labute approximate surface area is 128 Å². The molecule has 0 saturated heterocycles. The second-order valence-electron chi connectivity index (χ2n) is 5.33. The van der Waals surface area contributed by atoms with Crippen LogP contribution in [0.1, 0.15) is 39.3 Å². The highest BCUT2D eigenvalue weighted by Crippen LogP contribution is 2.25. The topological polar surface area (TPSA) is 98.1 Å². The number of aromatic amines is 1. The zero-order chi connectivity index (χ0) is 16.0. The minimum atomic E-state index is -1.05. The number of carbonyl (C=O) groups excluding carboxylic acids is 1. The van der Waals surface area contributed by atoms with Crippen LogP contribution >= 0.6 is 11.8 Å². The highest BCUT2D eigenvalue weighted by atomic mass is 32.2. The number of hydrogen-bond donors (Lipinski definition) is 2. The highest BCUT2D eigenvalue weighted by Gasteiger charge is 2.31. The Kier molecular flexibility index (Phi) is 6.42. The summed E-state index contributed by atoms with van der Waals surface area (Å²) in [7, 11) is 1.32. The van der Waals surface area contributed by atoms with E-state index in [1.54, 1.807) is 6.92 Å². The maximum Gasteiger partial charge on any atom is 0.325 e. The van der Waals surface area contributed by atoms with Crippen molar-refractivity contribution >= 4 is 17.7 Å². The first-order valence-electron chi connectivity index (χ1n) is 6.92. The molecule has 0 aliphatic carbocycles. The second-order valence-corrected chi connectivity index (χ2v) is 6.76. The molecule has 2 unspecified atom stereocenters. The monoisotopic (exact) mass is 313 g/mol. The third-order valence-electron chi connectivity index (χ3n) is 2.96. The van der Waals surface area contributed by atoms with Gasteiger partial charge in [-0.1, -0.05) is 32.0 Å². The zero-order valence-electron chi connectivity index (χ0n) is 12.9. The molecule has 0 saturated carbocycles. The van der Waals surface area contributed by atoms with Gasteiger partial charge in [0.25, 0.3) is 5.56 Å². The molecule has 0 aliphatic rings. The summed E-state index contributed by atoms with van der Waals surface area (Å²) in [5.41, 5.74) is 5.52. The molecule has 21 heavy (non-hydrogen) atoms. The predicted molar refractivity (Wildman–Crippen MR) is 83.4 cm³/mol. The van der Waals surface area contributed by atoms with Gasteiger partial charge in [0.1, 0.15) is 5.54 Å². The van der Waals surface area contributed by atoms with Crippen molar-refractivity contribution in [2.24, 2.45) is 5.73 Å². The van der Waals surface area contributed by atoms with Crippen LogP contribution in [0.3, 0.4) is 0 Å². The zero-order valence-corrected chi connectivity index (χ0v) is 13.8. The van der Waals surface area contributed by atoms with Crippen molar-refractivity contribution in [1.82, 2.24) is 9.97 Å². The lowest BCUT2D eigenvalue weighted by Crippen LogP contribution is -2.47. The number of nitrogens with two attached hydrogens (primary N) is 1. The number of nitrogens with zero attached hydrogens (tertiary/aromatic N) is 1. The number of rotatable bonds is 7. The number of esters is 1. The van der Waals surface area contributed by atoms with Crippen molar-refractivity contribution in [3.05, 3.63) is 22.1 Å². The quantitative estimate of drug-likeness (QED) is 0.449. The standard InChI is InChI=1S/C14H23N3O3S/c1-5-6-10-7-11(18)17-13(16-10)21-9(2)8-14(3,15)12(19)20-4/h7,9H,5-6,8,15H2,1-4H3,(H,16,17,18). The van der Waals surface area contributed by atoms with Gasteiger partial charge in [0, 0.05) is 17.0 Å². The van der Waals surface area contributed by atoms with Crippen molar-refractivity contribution in [1.29, 1.82) is 0 Å². The molecule has 118 valence electrons. The van der Waals surface area contributed by atoms with Crippen molar-refractivity contribution in [3.63, 3.8) is 0 Å². The van der Waals surface area contributed by atoms with Gasteiger partial charge in [-0.05, 0) is 19.8 Å². The van der Waals surface area contributed by atoms with Crippen LogP contribution in [0.5, 0.6) is 0 Å². The summed E-state index contributed by atoms with van der Waals surface area (Å²) in [4.78, 5) is 30.3. The van der Waals surface area contributed by atoms with Crippen molar-refractivity contribution in [3.8, 4) is 0 Å². The van der Waals surface area contributed by atoms with E-state index in [0.29, 0.717) is 11.6 Å². The average Bonchev–Trinajstić information content (AvgIpc) is 2.36. The lowest BCUT2D eigenvalue weighted by atomic mass is 9.98. The fourth-order valence-electron chi connectivity index (χ4n) is 2.07. The molecule has 3 N–H and O–H groups in total. The fourth-order valence-corrected chi connectivity index (χ4v) is 3.21. The molecule has 0 fully saturated rings. The lowest BCUT2D eigenvalue weighted by molar-refractivity contribution is -0.146. The Bertz CT molecular complexity index is 543. The van der Waals surface area contributed by atoms with Crippen LogP contribution in [0.4, 0.5) is 0 Å². The molecule has 0 spiro atoms. The maximum absolute atomic E-state index is 11.6. The number of hydrogen-bond acceptors (Lipinski definition) is 6. The normalized spacial score (nSPS) is 15.3. The Hall–Kier alpha value is -1.34. The molecule has 6 nitrogen and oxygen atoms in total. The van der Waals surface area contributed by atoms with E-state index in [4.69, 9.17) is 5.73 Å². The van der Waals surface area contributed by atoms with Crippen LogP contribution < -0.4 is 11.3 Å². The van der Waals surface area contributed by atoms with Gasteiger partial charge in [0.05, 0.1) is 7.11 Å². The van der Waals surface area contributed by atoms with Crippen LogP contribution in [0, 0.1) is 0 Å². The average molecular weight is 313 g/mol. The number of aryl methyl sites for hydroxylation is 1. The first-order chi connectivity index (χ1) is 9.78. The predicted octanol–water partition coefficient (Wildman–Crippen LogP) is 1.48. The summed E-state index contributed by atoms with van der Waals surface area (Å²) in [6.45, 7) is 5.61. The van der Waals surface area contributed by atoms with E-state index in [9.17, 15) is 9.59 Å². The molecule has 2 atom stereocenters. The van der Waals surface area contributed by atoms with Crippen LogP contribution in [0.2, 0.25) is 0 Å². The van der Waals surface area contributed by atoms with Gasteiger partial charge < -0.3 is 15.5 Å². The summed E-state index contributed by atoms with van der Waals surface area (Å²) >= 11 is 1.40. The minimum Gasteiger partial charge on any atom is -0.468 e. The fraction of sp³-hybridized carbons (Fsp3) is 0.643. The van der Waals surface area contributed by atoms with E-state index in [0.717, 1.165) is 18.5 Å². The summed E-state index contributed by atoms with van der Waals surface area (Å²) < 4.78 is 4.69. The highest BCUT2D eigenvalue weighted by molar-refractivity contribution is 7.99. The SMILES string of the molecule is CCCc1cc(=O)[nH]c(SC(C)CC(C)(N)C(=O)OC)n1. The molecule has 7 heteroatoms. The Morgan fingerprint density at radius 1 is 1.62 bits per heavy atom. The first kappa shape index (κ1) is 17.7. The summed E-state index contributed by atoms with van der Waals surface area (Å²) in [5.74, 6) is -0.448. The van der Waals surface area contributed by atoms with Gasteiger partial charge in [-0.15, -0.1) is 0 Å². The summed E-state index contributed by atoms with van der Waals surface area (Å²) in [5, 5.41) is 0.568. The van der Waals surface area contributed by atoms with Gasteiger partial charge in [-0.3, -0.25) is 9.59 Å². The minimum absolute atomic E-state index is 0.0131. The van der Waals surface area contributed by atoms with Gasteiger partial charge in [0.15, 0.2) is 5.16 Å². The smallest absolute Gasteiger partial charge is 0.325 e. The third-order valence-corrected chi connectivity index (χ3v) is 3.94. The molecular formula is C14H23N3O3S. The molecule has 0 bridgehead atoms. The van der Waals surface area contributed by atoms with Crippen LogP contribution in [0.25, 0.3) is 0 Å². The van der Waals surface area contributed by atoms with Crippen LogP contribution in [-0.4, -0.2) is 33.8 Å². The van der Waals surface area contributed by atoms with Gasteiger partial charge in [-0.2, -0.15) is 0 Å². The largest absolute Gasteiger partial charge is 0.468 e. The van der Waals surface area contributed by atoms with Crippen LogP contribution in [-0.2, 0) is 16.0 Å². The molecular weight excluding hydrogens is 290 g/mol. The summed E-state index contributed by atoms with van der Waals surface area (Å²) in [6, 6.07) is 1.51. The number of nitrogens with one attached hydrogen (secondary N) is 1. The van der Waals surface area contributed by atoms with E-state index in [1.807, 2.05) is 13.8 Å². The molecule has 1 rings (SSSR count). The molecule has 0 aromatic carbocycles. The number of H-pyrrole nitrogens is 1. The van der Waals surface area contributed by atoms with E-state index >= 15 is 0 Å². The molecule has 0 aliphatic heterocycles. The number of thioether (sulfide) groups is 1. The number of carbonyl (C=O) groups is 1. The molecule has 1 heterocycles. The molecule has 0 radical (unpaired) electrons. The lowest BCUT2D eigenvalue weighted by Gasteiger charge is -2.24. The first-order valence-corrected chi connectivity index (χ1v) is 7.80. The number of aromatic nitrogens is 2. The molecule has 0 amide bonds.